The van der Waals surface area contributed by atoms with E-state index >= 15 is 0 Å². The second-order valence-electron chi connectivity index (χ2n) is 6.54. The third kappa shape index (κ3) is 3.50. The van der Waals surface area contributed by atoms with E-state index in [1.165, 1.54) is 11.3 Å². The summed E-state index contributed by atoms with van der Waals surface area (Å²) < 4.78 is 5.65. The van der Waals surface area contributed by atoms with Gasteiger partial charge in [-0.25, -0.2) is 4.98 Å². The average molecular weight is 323 g/mol. The molecule has 122 valence electrons. The van der Waals surface area contributed by atoms with Crippen molar-refractivity contribution in [2.45, 2.75) is 39.5 Å². The summed E-state index contributed by atoms with van der Waals surface area (Å²) in [6.45, 7) is 8.33. The fourth-order valence-corrected chi connectivity index (χ4v) is 4.48. The summed E-state index contributed by atoms with van der Waals surface area (Å²) in [5, 5.41) is 3.68. The van der Waals surface area contributed by atoms with Crippen molar-refractivity contribution in [2.75, 3.05) is 38.2 Å². The fourth-order valence-electron chi connectivity index (χ4n) is 3.57. The largest absolute Gasteiger partial charge is 0.381 e. The maximum Gasteiger partial charge on any atom is 0.240 e. The SMILES string of the molecule is CCc1nc(NC(=O)CN2CCC3(CCCOC3)C2)sc1C. The first-order valence-corrected chi connectivity index (χ1v) is 8.98. The number of hydrogen-bond acceptors (Lipinski definition) is 5. The predicted octanol–water partition coefficient (Wildman–Crippen LogP) is 2.45. The lowest BCUT2D eigenvalue weighted by molar-refractivity contribution is -0.117. The van der Waals surface area contributed by atoms with Gasteiger partial charge in [-0.05, 0) is 39.2 Å². The molecule has 0 aliphatic carbocycles. The fraction of sp³-hybridized carbons (Fsp3) is 0.750. The van der Waals surface area contributed by atoms with Crippen LogP contribution in [0.4, 0.5) is 5.13 Å². The van der Waals surface area contributed by atoms with Gasteiger partial charge in [-0.2, -0.15) is 0 Å². The minimum absolute atomic E-state index is 0.0465. The molecule has 2 fully saturated rings. The van der Waals surface area contributed by atoms with Crippen molar-refractivity contribution < 1.29 is 9.53 Å². The van der Waals surface area contributed by atoms with Crippen LogP contribution in [0.3, 0.4) is 0 Å². The van der Waals surface area contributed by atoms with Gasteiger partial charge in [-0.15, -0.1) is 11.3 Å². The molecule has 1 amide bonds. The van der Waals surface area contributed by atoms with Crippen molar-refractivity contribution in [3.63, 3.8) is 0 Å². The quantitative estimate of drug-likeness (QED) is 0.925. The van der Waals surface area contributed by atoms with Crippen molar-refractivity contribution in [1.82, 2.24) is 9.88 Å². The van der Waals surface area contributed by atoms with Crippen LogP contribution >= 0.6 is 11.3 Å². The molecule has 2 aliphatic heterocycles. The van der Waals surface area contributed by atoms with E-state index in [0.29, 0.717) is 12.0 Å². The molecule has 1 unspecified atom stereocenters. The van der Waals surface area contributed by atoms with E-state index in [9.17, 15) is 4.79 Å². The second kappa shape index (κ2) is 6.64. The zero-order valence-corrected chi connectivity index (χ0v) is 14.3. The smallest absolute Gasteiger partial charge is 0.240 e. The van der Waals surface area contributed by atoms with Crippen LogP contribution in [0, 0.1) is 12.3 Å². The number of likely N-dealkylation sites (tertiary alicyclic amines) is 1. The molecule has 3 heterocycles. The Morgan fingerprint density at radius 1 is 1.50 bits per heavy atom. The zero-order valence-electron chi connectivity index (χ0n) is 13.5. The van der Waals surface area contributed by atoms with Gasteiger partial charge in [0.05, 0.1) is 18.8 Å². The monoisotopic (exact) mass is 323 g/mol. The van der Waals surface area contributed by atoms with Gasteiger partial charge in [0.15, 0.2) is 5.13 Å². The number of nitrogens with zero attached hydrogens (tertiary/aromatic N) is 2. The van der Waals surface area contributed by atoms with Gasteiger partial charge in [0, 0.05) is 23.4 Å². The molecule has 1 atom stereocenters. The predicted molar refractivity (Wildman–Crippen MR) is 88.4 cm³/mol. The molecule has 1 aromatic rings. The molecular weight excluding hydrogens is 298 g/mol. The van der Waals surface area contributed by atoms with Gasteiger partial charge in [0.25, 0.3) is 0 Å². The van der Waals surface area contributed by atoms with Crippen LogP contribution in [0.1, 0.15) is 36.8 Å². The highest BCUT2D eigenvalue weighted by atomic mass is 32.1. The first-order chi connectivity index (χ1) is 10.6. The zero-order chi connectivity index (χ0) is 15.6. The Bertz CT molecular complexity index is 537. The summed E-state index contributed by atoms with van der Waals surface area (Å²) in [4.78, 5) is 20.2. The van der Waals surface area contributed by atoms with Gasteiger partial charge in [-0.3, -0.25) is 9.69 Å². The molecule has 0 aromatic carbocycles. The highest BCUT2D eigenvalue weighted by Gasteiger charge is 2.40. The normalized spacial score (nSPS) is 25.7. The number of amides is 1. The highest BCUT2D eigenvalue weighted by molar-refractivity contribution is 7.15. The van der Waals surface area contributed by atoms with Gasteiger partial charge in [0.2, 0.25) is 5.91 Å². The summed E-state index contributed by atoms with van der Waals surface area (Å²) in [6.07, 6.45) is 4.44. The van der Waals surface area contributed by atoms with Crippen molar-refractivity contribution in [1.29, 1.82) is 0 Å². The van der Waals surface area contributed by atoms with Crippen LogP contribution < -0.4 is 5.32 Å². The molecule has 22 heavy (non-hydrogen) atoms. The molecule has 2 aliphatic rings. The molecule has 6 heteroatoms. The Balaban J connectivity index is 1.51. The van der Waals surface area contributed by atoms with Gasteiger partial charge in [0.1, 0.15) is 0 Å². The number of anilines is 1. The number of aryl methyl sites for hydroxylation is 2. The number of carbonyl (C=O) groups excluding carboxylic acids is 1. The number of rotatable bonds is 4. The van der Waals surface area contributed by atoms with E-state index in [2.05, 4.69) is 29.0 Å². The maximum absolute atomic E-state index is 12.2. The number of carbonyl (C=O) groups is 1. The third-order valence-electron chi connectivity index (χ3n) is 4.76. The standard InChI is InChI=1S/C16H25N3O2S/c1-3-13-12(2)22-15(17-13)18-14(20)9-19-7-6-16(10-19)5-4-8-21-11-16/h3-11H2,1-2H3,(H,17,18,20). The summed E-state index contributed by atoms with van der Waals surface area (Å²) in [5.74, 6) is 0.0465. The van der Waals surface area contributed by atoms with Crippen LogP contribution in [0.5, 0.6) is 0 Å². The first kappa shape index (κ1) is 15.9. The lowest BCUT2D eigenvalue weighted by Gasteiger charge is -2.33. The van der Waals surface area contributed by atoms with Gasteiger partial charge < -0.3 is 10.1 Å². The van der Waals surface area contributed by atoms with Crippen LogP contribution in [-0.2, 0) is 16.0 Å². The number of ether oxygens (including phenoxy) is 1. The van der Waals surface area contributed by atoms with Crippen molar-refractivity contribution in [2.24, 2.45) is 5.41 Å². The second-order valence-corrected chi connectivity index (χ2v) is 7.74. The van der Waals surface area contributed by atoms with Crippen LogP contribution in [-0.4, -0.2) is 48.6 Å². The minimum atomic E-state index is 0.0465. The summed E-state index contributed by atoms with van der Waals surface area (Å²) in [7, 11) is 0. The topological polar surface area (TPSA) is 54.5 Å². The number of nitrogens with one attached hydrogen (secondary N) is 1. The average Bonchev–Trinajstić information content (AvgIpc) is 3.03. The van der Waals surface area contributed by atoms with E-state index in [4.69, 9.17) is 4.74 Å². The Morgan fingerprint density at radius 3 is 3.05 bits per heavy atom. The van der Waals surface area contributed by atoms with E-state index in [1.807, 2.05) is 0 Å². The third-order valence-corrected chi connectivity index (χ3v) is 5.69. The van der Waals surface area contributed by atoms with Crippen LogP contribution in [0.25, 0.3) is 0 Å². The first-order valence-electron chi connectivity index (χ1n) is 8.16. The van der Waals surface area contributed by atoms with Crippen molar-refractivity contribution >= 4 is 22.4 Å². The van der Waals surface area contributed by atoms with Crippen LogP contribution in [0.15, 0.2) is 0 Å². The lowest BCUT2D eigenvalue weighted by Crippen LogP contribution is -2.37. The Hall–Kier alpha value is -0.980. The molecular formula is C16H25N3O2S. The highest BCUT2D eigenvalue weighted by Crippen LogP contribution is 2.37. The molecule has 1 N–H and O–H groups in total. The number of thiazole rings is 1. The van der Waals surface area contributed by atoms with E-state index in [0.717, 1.165) is 56.4 Å². The minimum Gasteiger partial charge on any atom is -0.381 e. The Kier molecular flexibility index (Phi) is 4.80. The number of hydrogen-bond donors (Lipinski definition) is 1. The van der Waals surface area contributed by atoms with Gasteiger partial charge in [-0.1, -0.05) is 6.92 Å². The molecule has 1 spiro atoms. The van der Waals surface area contributed by atoms with E-state index < -0.39 is 0 Å². The van der Waals surface area contributed by atoms with Gasteiger partial charge >= 0.3 is 0 Å². The molecule has 0 bridgehead atoms. The van der Waals surface area contributed by atoms with E-state index in [1.54, 1.807) is 11.3 Å². The Labute approximate surface area is 136 Å². The van der Waals surface area contributed by atoms with Crippen molar-refractivity contribution in [3.8, 4) is 0 Å². The maximum atomic E-state index is 12.2. The summed E-state index contributed by atoms with van der Waals surface area (Å²) >= 11 is 1.57. The number of aromatic nitrogens is 1. The Morgan fingerprint density at radius 2 is 2.36 bits per heavy atom. The van der Waals surface area contributed by atoms with Crippen molar-refractivity contribution in [3.05, 3.63) is 10.6 Å². The van der Waals surface area contributed by atoms with E-state index in [-0.39, 0.29) is 5.91 Å². The summed E-state index contributed by atoms with van der Waals surface area (Å²) in [6, 6.07) is 0. The van der Waals surface area contributed by atoms with Crippen LogP contribution in [0.2, 0.25) is 0 Å². The molecule has 2 saturated heterocycles. The molecule has 5 nitrogen and oxygen atoms in total. The molecule has 1 aromatic heterocycles. The summed E-state index contributed by atoms with van der Waals surface area (Å²) in [5.41, 5.74) is 1.38. The molecule has 0 radical (unpaired) electrons. The molecule has 0 saturated carbocycles. The molecule has 3 rings (SSSR count). The lowest BCUT2D eigenvalue weighted by atomic mass is 9.82.